The van der Waals surface area contributed by atoms with Crippen LogP contribution in [0.1, 0.15) is 56.1 Å². The monoisotopic (exact) mass is 360 g/mol. The molecule has 2 rings (SSSR count). The third-order valence-electron chi connectivity index (χ3n) is 3.90. The molecule has 1 amide bonds. The molecule has 0 unspecified atom stereocenters. The van der Waals surface area contributed by atoms with E-state index in [1.165, 1.54) is 6.07 Å². The van der Waals surface area contributed by atoms with E-state index in [2.05, 4.69) is 25.8 Å². The lowest BCUT2D eigenvalue weighted by molar-refractivity contribution is -0.141. The van der Waals surface area contributed by atoms with Gasteiger partial charge in [0.2, 0.25) is 0 Å². The molecule has 0 aliphatic carbocycles. The fourth-order valence-corrected chi connectivity index (χ4v) is 3.68. The maximum Gasteiger partial charge on any atom is 0.433 e. The second-order valence-corrected chi connectivity index (χ2v) is 8.85. The van der Waals surface area contributed by atoms with Gasteiger partial charge < -0.3 is 4.90 Å². The van der Waals surface area contributed by atoms with Gasteiger partial charge in [0, 0.05) is 29.3 Å². The first-order valence-electron chi connectivity index (χ1n) is 8.06. The van der Waals surface area contributed by atoms with Crippen molar-refractivity contribution < 1.29 is 18.0 Å². The summed E-state index contributed by atoms with van der Waals surface area (Å²) in [6.07, 6.45) is -0.518. The molecule has 7 heteroatoms. The van der Waals surface area contributed by atoms with E-state index in [4.69, 9.17) is 0 Å². The summed E-state index contributed by atoms with van der Waals surface area (Å²) in [6, 6.07) is 2.22. The third kappa shape index (κ3) is 5.13. The number of hydrogen-bond donors (Lipinski definition) is 0. The molecule has 0 bridgehead atoms. The second kappa shape index (κ2) is 7.33. The molecule has 1 saturated heterocycles. The minimum Gasteiger partial charge on any atom is -0.335 e. The molecule has 1 atom stereocenters. The van der Waals surface area contributed by atoms with Crippen LogP contribution in [0, 0.1) is 0 Å². The maximum atomic E-state index is 12.7. The molecule has 2 heterocycles. The Morgan fingerprint density at radius 3 is 2.54 bits per heavy atom. The lowest BCUT2D eigenvalue weighted by Crippen LogP contribution is -2.45. The van der Waals surface area contributed by atoms with Crippen molar-refractivity contribution in [1.82, 2.24) is 9.88 Å². The Morgan fingerprint density at radius 1 is 1.29 bits per heavy atom. The standard InChI is InChI=1S/C17H23F3N2OS/c1-16(2,3)24-11-13-6-4-5-9-22(13)15(23)12-7-8-14(21-10-12)17(18,19)20/h7-8,10,13H,4-6,9,11H2,1-3H3/t13-/m0/s1. The van der Waals surface area contributed by atoms with Crippen LogP contribution < -0.4 is 0 Å². The number of rotatable bonds is 3. The zero-order chi connectivity index (χ0) is 18.0. The summed E-state index contributed by atoms with van der Waals surface area (Å²) in [7, 11) is 0. The number of pyridine rings is 1. The van der Waals surface area contributed by atoms with Crippen molar-refractivity contribution in [3.63, 3.8) is 0 Å². The van der Waals surface area contributed by atoms with Gasteiger partial charge in [-0.15, -0.1) is 0 Å². The Bertz CT molecular complexity index is 567. The lowest BCUT2D eigenvalue weighted by Gasteiger charge is -2.37. The number of carbonyl (C=O) groups excluding carboxylic acids is 1. The van der Waals surface area contributed by atoms with Crippen molar-refractivity contribution in [2.75, 3.05) is 12.3 Å². The summed E-state index contributed by atoms with van der Waals surface area (Å²) in [6.45, 7) is 7.04. The Hall–Kier alpha value is -1.24. The number of halogens is 3. The van der Waals surface area contributed by atoms with E-state index in [1.54, 1.807) is 16.7 Å². The number of likely N-dealkylation sites (tertiary alicyclic amines) is 1. The minimum absolute atomic E-state index is 0.113. The lowest BCUT2D eigenvalue weighted by atomic mass is 10.0. The molecule has 1 aromatic heterocycles. The van der Waals surface area contributed by atoms with Gasteiger partial charge in [-0.3, -0.25) is 9.78 Å². The first-order chi connectivity index (χ1) is 11.1. The molecule has 1 aromatic rings. The second-order valence-electron chi connectivity index (χ2n) is 7.00. The summed E-state index contributed by atoms with van der Waals surface area (Å²) < 4.78 is 37.9. The number of nitrogens with zero attached hydrogens (tertiary/aromatic N) is 2. The molecule has 134 valence electrons. The van der Waals surface area contributed by atoms with Crippen molar-refractivity contribution in [1.29, 1.82) is 0 Å². The summed E-state index contributed by atoms with van der Waals surface area (Å²) in [5.74, 6) is 0.610. The molecule has 0 aromatic carbocycles. The molecular weight excluding hydrogens is 337 g/mol. The molecule has 0 saturated carbocycles. The minimum atomic E-state index is -4.49. The number of alkyl halides is 3. The zero-order valence-corrected chi connectivity index (χ0v) is 15.0. The van der Waals surface area contributed by atoms with Crippen LogP contribution in [-0.4, -0.2) is 38.9 Å². The quantitative estimate of drug-likeness (QED) is 0.788. The highest BCUT2D eigenvalue weighted by Gasteiger charge is 2.33. The largest absolute Gasteiger partial charge is 0.433 e. The van der Waals surface area contributed by atoms with Crippen LogP contribution in [0.25, 0.3) is 0 Å². The van der Waals surface area contributed by atoms with Crippen LogP contribution in [0.3, 0.4) is 0 Å². The van der Waals surface area contributed by atoms with Crippen LogP contribution in [0.15, 0.2) is 18.3 Å². The van der Waals surface area contributed by atoms with Gasteiger partial charge in [0.1, 0.15) is 5.69 Å². The normalized spacial score (nSPS) is 19.4. The van der Waals surface area contributed by atoms with E-state index in [0.717, 1.165) is 37.3 Å². The molecule has 3 nitrogen and oxygen atoms in total. The van der Waals surface area contributed by atoms with Crippen molar-refractivity contribution in [2.24, 2.45) is 0 Å². The van der Waals surface area contributed by atoms with Gasteiger partial charge in [0.15, 0.2) is 0 Å². The first kappa shape index (κ1) is 19.1. The van der Waals surface area contributed by atoms with Crippen LogP contribution in [0.5, 0.6) is 0 Å². The Kier molecular flexibility index (Phi) is 5.83. The highest BCUT2D eigenvalue weighted by atomic mass is 32.2. The average molecular weight is 360 g/mol. The van der Waals surface area contributed by atoms with Crippen molar-refractivity contribution in [2.45, 2.75) is 57.0 Å². The Balaban J connectivity index is 2.10. The molecule has 1 aliphatic heterocycles. The number of carbonyl (C=O) groups is 1. The van der Waals surface area contributed by atoms with Crippen LogP contribution in [0.4, 0.5) is 13.2 Å². The summed E-state index contributed by atoms with van der Waals surface area (Å²) in [4.78, 5) is 17.9. The first-order valence-corrected chi connectivity index (χ1v) is 9.05. The van der Waals surface area contributed by atoms with E-state index in [9.17, 15) is 18.0 Å². The van der Waals surface area contributed by atoms with Gasteiger partial charge in [-0.05, 0) is 31.4 Å². The number of piperidine rings is 1. The van der Waals surface area contributed by atoms with E-state index in [0.29, 0.717) is 6.54 Å². The van der Waals surface area contributed by atoms with E-state index in [-0.39, 0.29) is 22.3 Å². The topological polar surface area (TPSA) is 33.2 Å². The number of thioether (sulfide) groups is 1. The van der Waals surface area contributed by atoms with Crippen LogP contribution in [-0.2, 0) is 6.18 Å². The van der Waals surface area contributed by atoms with Crippen LogP contribution in [0.2, 0.25) is 0 Å². The Labute approximate surface area is 145 Å². The highest BCUT2D eigenvalue weighted by molar-refractivity contribution is 8.00. The van der Waals surface area contributed by atoms with E-state index >= 15 is 0 Å². The average Bonchev–Trinajstić information content (AvgIpc) is 2.51. The zero-order valence-electron chi connectivity index (χ0n) is 14.2. The van der Waals surface area contributed by atoms with Gasteiger partial charge in [-0.2, -0.15) is 24.9 Å². The van der Waals surface area contributed by atoms with Gasteiger partial charge in [-0.25, -0.2) is 0 Å². The van der Waals surface area contributed by atoms with Gasteiger partial charge in [0.05, 0.1) is 5.56 Å². The van der Waals surface area contributed by atoms with E-state index in [1.807, 2.05) is 0 Å². The van der Waals surface area contributed by atoms with E-state index < -0.39 is 11.9 Å². The predicted molar refractivity (Wildman–Crippen MR) is 90.1 cm³/mol. The third-order valence-corrected chi connectivity index (χ3v) is 5.32. The number of hydrogen-bond acceptors (Lipinski definition) is 3. The SMILES string of the molecule is CC(C)(C)SC[C@@H]1CCCCN1C(=O)c1ccc(C(F)(F)F)nc1. The molecular formula is C17H23F3N2OS. The van der Waals surface area contributed by atoms with Gasteiger partial charge >= 0.3 is 6.18 Å². The fraction of sp³-hybridized carbons (Fsp3) is 0.647. The molecule has 24 heavy (non-hydrogen) atoms. The summed E-state index contributed by atoms with van der Waals surface area (Å²) in [5, 5.41) is 0. The molecule has 0 N–H and O–H groups in total. The number of amides is 1. The maximum absolute atomic E-state index is 12.7. The van der Waals surface area contributed by atoms with Crippen molar-refractivity contribution >= 4 is 17.7 Å². The smallest absolute Gasteiger partial charge is 0.335 e. The number of aromatic nitrogens is 1. The Morgan fingerprint density at radius 2 is 2.00 bits per heavy atom. The highest BCUT2D eigenvalue weighted by Crippen LogP contribution is 2.30. The molecule has 0 spiro atoms. The molecule has 1 aliphatic rings. The van der Waals surface area contributed by atoms with Crippen molar-refractivity contribution in [3.05, 3.63) is 29.6 Å². The summed E-state index contributed by atoms with van der Waals surface area (Å²) >= 11 is 1.80. The predicted octanol–water partition coefficient (Wildman–Crippen LogP) is 4.63. The summed E-state index contributed by atoms with van der Waals surface area (Å²) in [5.41, 5.74) is -0.756. The molecule has 1 fully saturated rings. The van der Waals surface area contributed by atoms with Gasteiger partial charge in [0.25, 0.3) is 5.91 Å². The van der Waals surface area contributed by atoms with Crippen molar-refractivity contribution in [3.8, 4) is 0 Å². The fourth-order valence-electron chi connectivity index (χ4n) is 2.64. The molecule has 0 radical (unpaired) electrons. The van der Waals surface area contributed by atoms with Gasteiger partial charge in [-0.1, -0.05) is 20.8 Å². The van der Waals surface area contributed by atoms with Crippen LogP contribution >= 0.6 is 11.8 Å².